The number of Topliss-reactive ketones (excluding diaryl/α,β-unsaturated/α-hetero) is 2. The van der Waals surface area contributed by atoms with Gasteiger partial charge in [0.25, 0.3) is 5.91 Å². The normalized spacial score (nSPS) is 12.4. The second-order valence-corrected chi connectivity index (χ2v) is 7.90. The molecular formula is C25H17Cl2NO5. The van der Waals surface area contributed by atoms with Gasteiger partial charge in [0.1, 0.15) is 0 Å². The van der Waals surface area contributed by atoms with Crippen LogP contribution in [0, 0.1) is 0 Å². The fourth-order valence-corrected chi connectivity index (χ4v) is 3.74. The van der Waals surface area contributed by atoms with E-state index in [1.807, 2.05) is 0 Å². The van der Waals surface area contributed by atoms with Crippen molar-refractivity contribution in [3.05, 3.63) is 93.0 Å². The number of fused-ring (bicyclic) bond motifs is 1. The van der Waals surface area contributed by atoms with Gasteiger partial charge in [-0.3, -0.25) is 14.4 Å². The second-order valence-electron chi connectivity index (χ2n) is 7.11. The van der Waals surface area contributed by atoms with Crippen LogP contribution in [-0.2, 0) is 4.79 Å². The first-order chi connectivity index (χ1) is 15.9. The maximum Gasteiger partial charge on any atom is 0.262 e. The van der Waals surface area contributed by atoms with Crippen molar-refractivity contribution < 1.29 is 23.9 Å². The van der Waals surface area contributed by atoms with E-state index in [0.29, 0.717) is 38.9 Å². The van der Waals surface area contributed by atoms with Gasteiger partial charge in [0, 0.05) is 11.1 Å². The van der Waals surface area contributed by atoms with E-state index in [1.165, 1.54) is 13.2 Å². The first kappa shape index (κ1) is 22.6. The van der Waals surface area contributed by atoms with Crippen molar-refractivity contribution in [2.75, 3.05) is 19.0 Å². The summed E-state index contributed by atoms with van der Waals surface area (Å²) < 4.78 is 10.9. The summed E-state index contributed by atoms with van der Waals surface area (Å²) in [6.45, 7) is -0.300. The molecule has 8 heteroatoms. The maximum atomic E-state index is 12.6. The predicted molar refractivity (Wildman–Crippen MR) is 127 cm³/mol. The van der Waals surface area contributed by atoms with Crippen LogP contribution in [0.25, 0.3) is 6.08 Å². The Hall–Kier alpha value is -3.61. The van der Waals surface area contributed by atoms with Gasteiger partial charge in [0.05, 0.1) is 28.4 Å². The molecule has 0 unspecified atom stereocenters. The van der Waals surface area contributed by atoms with Gasteiger partial charge in [-0.1, -0.05) is 59.6 Å². The predicted octanol–water partition coefficient (Wildman–Crippen LogP) is 5.48. The minimum absolute atomic E-state index is 0.0877. The molecule has 0 aromatic heterocycles. The SMILES string of the molecule is COc1cc(C=C2C(=O)c3ccccc3C2=O)ccc1OCC(=O)Nc1cccc(Cl)c1Cl. The van der Waals surface area contributed by atoms with Crippen LogP contribution in [0.15, 0.2) is 66.2 Å². The van der Waals surface area contributed by atoms with E-state index in [4.69, 9.17) is 32.7 Å². The number of benzene rings is 3. The Kier molecular flexibility index (Phi) is 6.49. The fraction of sp³-hybridized carbons (Fsp3) is 0.0800. The number of ketones is 2. The molecule has 0 saturated heterocycles. The number of allylic oxidation sites excluding steroid dienone is 1. The molecular weight excluding hydrogens is 465 g/mol. The van der Waals surface area contributed by atoms with E-state index in [1.54, 1.807) is 60.7 Å². The van der Waals surface area contributed by atoms with Gasteiger partial charge in [-0.2, -0.15) is 0 Å². The van der Waals surface area contributed by atoms with E-state index in [2.05, 4.69) is 5.32 Å². The lowest BCUT2D eigenvalue weighted by molar-refractivity contribution is -0.118. The fourth-order valence-electron chi connectivity index (χ4n) is 3.39. The van der Waals surface area contributed by atoms with Crippen LogP contribution in [0.1, 0.15) is 26.3 Å². The van der Waals surface area contributed by atoms with Crippen LogP contribution in [-0.4, -0.2) is 31.2 Å². The molecule has 0 radical (unpaired) electrons. The largest absolute Gasteiger partial charge is 0.493 e. The standard InChI is InChI=1S/C25H17Cl2NO5/c1-32-21-12-14(11-17-24(30)15-5-2-3-6-16(15)25(17)31)9-10-20(21)33-13-22(29)28-19-8-4-7-18(26)23(19)27/h2-12H,13H2,1H3,(H,28,29). The summed E-state index contributed by atoms with van der Waals surface area (Å²) in [6.07, 6.45) is 1.52. The highest BCUT2D eigenvalue weighted by molar-refractivity contribution is 6.44. The molecule has 0 bridgehead atoms. The van der Waals surface area contributed by atoms with Crippen molar-refractivity contribution >= 4 is 52.4 Å². The lowest BCUT2D eigenvalue weighted by Gasteiger charge is -2.12. The van der Waals surface area contributed by atoms with Gasteiger partial charge in [-0.05, 0) is 35.9 Å². The van der Waals surface area contributed by atoms with Gasteiger partial charge in [-0.15, -0.1) is 0 Å². The highest BCUT2D eigenvalue weighted by Gasteiger charge is 2.32. The third-order valence-electron chi connectivity index (χ3n) is 4.99. The van der Waals surface area contributed by atoms with Crippen molar-refractivity contribution in [1.29, 1.82) is 0 Å². The van der Waals surface area contributed by atoms with E-state index < -0.39 is 5.91 Å². The van der Waals surface area contributed by atoms with Crippen LogP contribution >= 0.6 is 23.2 Å². The number of methoxy groups -OCH3 is 1. The quantitative estimate of drug-likeness (QED) is 0.372. The molecule has 3 aromatic carbocycles. The highest BCUT2D eigenvalue weighted by Crippen LogP contribution is 2.32. The van der Waals surface area contributed by atoms with Gasteiger partial charge in [-0.25, -0.2) is 0 Å². The van der Waals surface area contributed by atoms with Gasteiger partial charge < -0.3 is 14.8 Å². The number of amides is 1. The van der Waals surface area contributed by atoms with Gasteiger partial charge >= 0.3 is 0 Å². The zero-order valence-electron chi connectivity index (χ0n) is 17.4. The number of carbonyl (C=O) groups is 3. The average Bonchev–Trinajstić information content (AvgIpc) is 3.06. The van der Waals surface area contributed by atoms with Crippen LogP contribution in [0.5, 0.6) is 11.5 Å². The van der Waals surface area contributed by atoms with Crippen molar-refractivity contribution in [2.24, 2.45) is 0 Å². The first-order valence-corrected chi connectivity index (χ1v) is 10.6. The van der Waals surface area contributed by atoms with E-state index in [0.717, 1.165) is 0 Å². The smallest absolute Gasteiger partial charge is 0.262 e. The topological polar surface area (TPSA) is 81.7 Å². The van der Waals surface area contributed by atoms with Crippen molar-refractivity contribution in [3.8, 4) is 11.5 Å². The monoisotopic (exact) mass is 481 g/mol. The van der Waals surface area contributed by atoms with E-state index >= 15 is 0 Å². The van der Waals surface area contributed by atoms with Crippen molar-refractivity contribution in [3.63, 3.8) is 0 Å². The molecule has 3 aromatic rings. The van der Waals surface area contributed by atoms with Crippen molar-refractivity contribution in [2.45, 2.75) is 0 Å². The second kappa shape index (κ2) is 9.48. The van der Waals surface area contributed by atoms with Crippen LogP contribution < -0.4 is 14.8 Å². The molecule has 0 heterocycles. The Morgan fingerprint density at radius 1 is 0.939 bits per heavy atom. The number of rotatable bonds is 6. The lowest BCUT2D eigenvalue weighted by Crippen LogP contribution is -2.20. The summed E-state index contributed by atoms with van der Waals surface area (Å²) in [5.74, 6) is -0.405. The molecule has 1 aliphatic carbocycles. The summed E-state index contributed by atoms with van der Waals surface area (Å²) in [5.41, 5.74) is 1.83. The summed E-state index contributed by atoms with van der Waals surface area (Å²) in [4.78, 5) is 37.5. The van der Waals surface area contributed by atoms with Crippen LogP contribution in [0.3, 0.4) is 0 Å². The van der Waals surface area contributed by atoms with Crippen LogP contribution in [0.4, 0.5) is 5.69 Å². The number of carbonyl (C=O) groups excluding carboxylic acids is 3. The molecule has 0 spiro atoms. The summed E-state index contributed by atoms with van der Waals surface area (Å²) in [6, 6.07) is 16.5. The Balaban J connectivity index is 1.48. The van der Waals surface area contributed by atoms with Crippen molar-refractivity contribution in [1.82, 2.24) is 0 Å². The number of hydrogen-bond donors (Lipinski definition) is 1. The van der Waals surface area contributed by atoms with Gasteiger partial charge in [0.15, 0.2) is 29.7 Å². The Bertz CT molecular complexity index is 1280. The molecule has 0 fully saturated rings. The molecule has 1 N–H and O–H groups in total. The zero-order valence-corrected chi connectivity index (χ0v) is 18.9. The maximum absolute atomic E-state index is 12.6. The summed E-state index contributed by atoms with van der Waals surface area (Å²) in [7, 11) is 1.45. The molecule has 0 aliphatic heterocycles. The molecule has 33 heavy (non-hydrogen) atoms. The van der Waals surface area contributed by atoms with Crippen LogP contribution in [0.2, 0.25) is 10.0 Å². The zero-order chi connectivity index (χ0) is 23.5. The Morgan fingerprint density at radius 3 is 2.30 bits per heavy atom. The highest BCUT2D eigenvalue weighted by atomic mass is 35.5. The first-order valence-electron chi connectivity index (χ1n) is 9.84. The Labute approximate surface area is 199 Å². The Morgan fingerprint density at radius 2 is 1.64 bits per heavy atom. The molecule has 6 nitrogen and oxygen atoms in total. The number of ether oxygens (including phenoxy) is 2. The number of anilines is 1. The minimum atomic E-state index is -0.438. The minimum Gasteiger partial charge on any atom is -0.493 e. The molecule has 1 aliphatic rings. The number of nitrogens with one attached hydrogen (secondary N) is 1. The molecule has 166 valence electrons. The summed E-state index contributed by atoms with van der Waals surface area (Å²) >= 11 is 12.0. The molecule has 0 saturated carbocycles. The number of hydrogen-bond acceptors (Lipinski definition) is 5. The average molecular weight is 482 g/mol. The molecule has 1 amide bonds. The lowest BCUT2D eigenvalue weighted by atomic mass is 10.1. The third-order valence-corrected chi connectivity index (χ3v) is 5.81. The number of halogens is 2. The third kappa shape index (κ3) is 4.62. The summed E-state index contributed by atoms with van der Waals surface area (Å²) in [5, 5.41) is 3.19. The molecule has 4 rings (SSSR count). The van der Waals surface area contributed by atoms with E-state index in [9.17, 15) is 14.4 Å². The van der Waals surface area contributed by atoms with Gasteiger partial charge in [0.2, 0.25) is 0 Å². The molecule has 0 atom stereocenters. The van der Waals surface area contributed by atoms with E-state index in [-0.39, 0.29) is 28.8 Å².